The third-order valence-corrected chi connectivity index (χ3v) is 2.55. The van der Waals surface area contributed by atoms with Gasteiger partial charge in [0.15, 0.2) is 11.5 Å². The Kier molecular flexibility index (Phi) is 5.45. The van der Waals surface area contributed by atoms with Crippen molar-refractivity contribution >= 4 is 5.97 Å². The lowest BCUT2D eigenvalue weighted by atomic mass is 10.2. The van der Waals surface area contributed by atoms with Crippen LogP contribution in [-0.2, 0) is 11.3 Å². The van der Waals surface area contributed by atoms with Crippen LogP contribution in [0.4, 0.5) is 0 Å². The molecule has 18 heavy (non-hydrogen) atoms. The van der Waals surface area contributed by atoms with Crippen LogP contribution >= 0.6 is 0 Å². The van der Waals surface area contributed by atoms with Gasteiger partial charge in [0.2, 0.25) is 0 Å². The van der Waals surface area contributed by atoms with Gasteiger partial charge in [-0.05, 0) is 30.7 Å². The summed E-state index contributed by atoms with van der Waals surface area (Å²) >= 11 is 0. The molecule has 0 radical (unpaired) electrons. The van der Waals surface area contributed by atoms with E-state index in [-0.39, 0.29) is 12.3 Å². The summed E-state index contributed by atoms with van der Waals surface area (Å²) in [6.07, 6.45) is 0.884. The lowest BCUT2D eigenvalue weighted by molar-refractivity contribution is -0.138. The Bertz CT molecular complexity index is 406. The Morgan fingerprint density at radius 3 is 2.67 bits per heavy atom. The molecule has 0 saturated heterocycles. The van der Waals surface area contributed by atoms with Gasteiger partial charge in [-0.3, -0.25) is 9.69 Å². The monoisotopic (exact) mass is 253 g/mol. The number of carboxylic acid groups (broad SMARTS) is 1. The zero-order chi connectivity index (χ0) is 13.5. The molecule has 5 heteroatoms. The van der Waals surface area contributed by atoms with E-state index in [2.05, 4.69) is 0 Å². The Labute approximate surface area is 107 Å². The van der Waals surface area contributed by atoms with Crippen molar-refractivity contribution in [1.29, 1.82) is 0 Å². The molecule has 0 aliphatic rings. The van der Waals surface area contributed by atoms with Crippen molar-refractivity contribution in [2.45, 2.75) is 19.9 Å². The second-order valence-electron chi connectivity index (χ2n) is 4.11. The number of carbonyl (C=O) groups is 1. The number of hydrogen-bond donors (Lipinski definition) is 2. The zero-order valence-corrected chi connectivity index (χ0v) is 10.7. The van der Waals surface area contributed by atoms with Crippen LogP contribution < -0.4 is 4.74 Å². The average molecular weight is 253 g/mol. The molecule has 0 spiro atoms. The molecule has 2 N–H and O–H groups in total. The predicted octanol–water partition coefficient (Wildman–Crippen LogP) is 1.70. The van der Waals surface area contributed by atoms with Crippen molar-refractivity contribution in [2.75, 3.05) is 20.2 Å². The Morgan fingerprint density at radius 2 is 2.17 bits per heavy atom. The minimum absolute atomic E-state index is 0.000626. The fourth-order valence-corrected chi connectivity index (χ4v) is 1.81. The summed E-state index contributed by atoms with van der Waals surface area (Å²) in [5.74, 6) is -0.359. The molecular formula is C13H19NO4. The number of hydrogen-bond acceptors (Lipinski definition) is 4. The van der Waals surface area contributed by atoms with E-state index in [9.17, 15) is 9.90 Å². The molecule has 100 valence electrons. The van der Waals surface area contributed by atoms with Gasteiger partial charge in [-0.15, -0.1) is 0 Å². The van der Waals surface area contributed by atoms with E-state index in [0.29, 0.717) is 18.8 Å². The van der Waals surface area contributed by atoms with Crippen LogP contribution in [0.1, 0.15) is 18.9 Å². The summed E-state index contributed by atoms with van der Waals surface area (Å²) in [5.41, 5.74) is 0.864. The highest BCUT2D eigenvalue weighted by molar-refractivity contribution is 5.69. The number of ether oxygens (including phenoxy) is 1. The van der Waals surface area contributed by atoms with Crippen molar-refractivity contribution in [3.8, 4) is 11.5 Å². The van der Waals surface area contributed by atoms with E-state index >= 15 is 0 Å². The molecule has 0 aliphatic heterocycles. The molecule has 1 aromatic rings. The largest absolute Gasteiger partial charge is 0.504 e. The minimum Gasteiger partial charge on any atom is -0.504 e. The topological polar surface area (TPSA) is 70.0 Å². The van der Waals surface area contributed by atoms with E-state index in [1.807, 2.05) is 17.9 Å². The van der Waals surface area contributed by atoms with Gasteiger partial charge in [0.25, 0.3) is 0 Å². The first-order valence-electron chi connectivity index (χ1n) is 5.86. The van der Waals surface area contributed by atoms with Gasteiger partial charge in [-0.1, -0.05) is 13.0 Å². The number of phenolic OH excluding ortho intramolecular Hbond substituents is 1. The van der Waals surface area contributed by atoms with E-state index in [4.69, 9.17) is 9.84 Å². The number of methoxy groups -OCH3 is 1. The first-order chi connectivity index (χ1) is 8.56. The maximum absolute atomic E-state index is 10.7. The fraction of sp³-hybridized carbons (Fsp3) is 0.462. The molecule has 0 heterocycles. The highest BCUT2D eigenvalue weighted by atomic mass is 16.5. The third-order valence-electron chi connectivity index (χ3n) is 2.55. The van der Waals surface area contributed by atoms with Crippen LogP contribution in [0.2, 0.25) is 0 Å². The number of aromatic hydroxyl groups is 1. The van der Waals surface area contributed by atoms with Gasteiger partial charge in [-0.2, -0.15) is 0 Å². The normalized spacial score (nSPS) is 10.6. The van der Waals surface area contributed by atoms with E-state index in [0.717, 1.165) is 12.0 Å². The van der Waals surface area contributed by atoms with E-state index in [1.54, 1.807) is 12.1 Å². The Hall–Kier alpha value is -1.75. The SMILES string of the molecule is CCCN(CC(=O)O)Cc1ccc(OC)c(O)c1. The highest BCUT2D eigenvalue weighted by Gasteiger charge is 2.10. The highest BCUT2D eigenvalue weighted by Crippen LogP contribution is 2.26. The van der Waals surface area contributed by atoms with Gasteiger partial charge in [0.05, 0.1) is 13.7 Å². The Morgan fingerprint density at radius 1 is 1.44 bits per heavy atom. The molecular weight excluding hydrogens is 234 g/mol. The first-order valence-corrected chi connectivity index (χ1v) is 5.86. The first kappa shape index (κ1) is 14.3. The number of nitrogens with zero attached hydrogens (tertiary/aromatic N) is 1. The molecule has 0 atom stereocenters. The zero-order valence-electron chi connectivity index (χ0n) is 10.7. The fourth-order valence-electron chi connectivity index (χ4n) is 1.81. The van der Waals surface area contributed by atoms with Crippen LogP contribution in [0.15, 0.2) is 18.2 Å². The quantitative estimate of drug-likeness (QED) is 0.774. The smallest absolute Gasteiger partial charge is 0.317 e. The molecule has 1 rings (SSSR count). The number of phenols is 1. The summed E-state index contributed by atoms with van der Waals surface area (Å²) in [4.78, 5) is 12.6. The number of rotatable bonds is 7. The maximum atomic E-state index is 10.7. The molecule has 0 fully saturated rings. The van der Waals surface area contributed by atoms with Crippen LogP contribution in [0.3, 0.4) is 0 Å². The van der Waals surface area contributed by atoms with Crippen molar-refractivity contribution in [3.05, 3.63) is 23.8 Å². The van der Waals surface area contributed by atoms with Gasteiger partial charge in [0.1, 0.15) is 0 Å². The molecule has 0 bridgehead atoms. The van der Waals surface area contributed by atoms with Crippen LogP contribution in [-0.4, -0.2) is 41.3 Å². The maximum Gasteiger partial charge on any atom is 0.317 e. The van der Waals surface area contributed by atoms with Crippen molar-refractivity contribution in [1.82, 2.24) is 4.90 Å². The van der Waals surface area contributed by atoms with Gasteiger partial charge >= 0.3 is 5.97 Å². The molecule has 0 aromatic heterocycles. The van der Waals surface area contributed by atoms with Crippen LogP contribution in [0, 0.1) is 0 Å². The number of aliphatic carboxylic acids is 1. The molecule has 0 saturated carbocycles. The standard InChI is InChI=1S/C13H19NO4/c1-3-6-14(9-13(16)17)8-10-4-5-12(18-2)11(15)7-10/h4-5,7,15H,3,6,8-9H2,1-2H3,(H,16,17). The second kappa shape index (κ2) is 6.86. The minimum atomic E-state index is -0.846. The average Bonchev–Trinajstić information content (AvgIpc) is 2.28. The van der Waals surface area contributed by atoms with Crippen LogP contribution in [0.25, 0.3) is 0 Å². The molecule has 0 amide bonds. The summed E-state index contributed by atoms with van der Waals surface area (Å²) in [7, 11) is 1.49. The van der Waals surface area contributed by atoms with Gasteiger partial charge < -0.3 is 14.9 Å². The Balaban J connectivity index is 2.73. The van der Waals surface area contributed by atoms with E-state index < -0.39 is 5.97 Å². The van der Waals surface area contributed by atoms with E-state index in [1.165, 1.54) is 7.11 Å². The lowest BCUT2D eigenvalue weighted by Crippen LogP contribution is -2.30. The van der Waals surface area contributed by atoms with Gasteiger partial charge in [-0.25, -0.2) is 0 Å². The summed E-state index contributed by atoms with van der Waals surface area (Å²) in [5, 5.41) is 18.5. The lowest BCUT2D eigenvalue weighted by Gasteiger charge is -2.19. The molecule has 5 nitrogen and oxygen atoms in total. The van der Waals surface area contributed by atoms with Gasteiger partial charge in [0, 0.05) is 6.54 Å². The number of carboxylic acids is 1. The second-order valence-corrected chi connectivity index (χ2v) is 4.11. The molecule has 0 unspecified atom stereocenters. The van der Waals surface area contributed by atoms with Crippen molar-refractivity contribution < 1.29 is 19.7 Å². The number of benzene rings is 1. The van der Waals surface area contributed by atoms with Crippen LogP contribution in [0.5, 0.6) is 11.5 Å². The van der Waals surface area contributed by atoms with Crippen molar-refractivity contribution in [3.63, 3.8) is 0 Å². The summed E-state index contributed by atoms with van der Waals surface area (Å²) in [6.45, 7) is 3.21. The molecule has 1 aromatic carbocycles. The predicted molar refractivity (Wildman–Crippen MR) is 67.9 cm³/mol. The van der Waals surface area contributed by atoms with Crippen molar-refractivity contribution in [2.24, 2.45) is 0 Å². The summed E-state index contributed by atoms with van der Waals surface area (Å²) in [6, 6.07) is 5.10. The summed E-state index contributed by atoms with van der Waals surface area (Å²) < 4.78 is 4.96. The third kappa shape index (κ3) is 4.25. The molecule has 0 aliphatic carbocycles.